The first-order valence-corrected chi connectivity index (χ1v) is 7.37. The van der Waals surface area contributed by atoms with E-state index in [9.17, 15) is 4.79 Å². The van der Waals surface area contributed by atoms with Crippen LogP contribution in [0.4, 0.5) is 0 Å². The van der Waals surface area contributed by atoms with Crippen LogP contribution in [0.5, 0.6) is 0 Å². The Labute approximate surface area is 121 Å². The largest absolute Gasteiger partial charge is 0.306 e. The van der Waals surface area contributed by atoms with E-state index in [1.165, 1.54) is 0 Å². The molecule has 1 N–H and O–H groups in total. The number of hydrazone groups is 1. The number of ketones is 1. The van der Waals surface area contributed by atoms with Crippen molar-refractivity contribution in [2.45, 2.75) is 32.7 Å². The summed E-state index contributed by atoms with van der Waals surface area (Å²) >= 11 is 3.47. The van der Waals surface area contributed by atoms with E-state index in [0.29, 0.717) is 12.2 Å². The molecule has 1 heterocycles. The maximum atomic E-state index is 12.4. The van der Waals surface area contributed by atoms with Crippen LogP contribution in [0.15, 0.2) is 33.8 Å². The monoisotopic (exact) mass is 320 g/mol. The Kier molecular flexibility index (Phi) is 3.01. The fourth-order valence-corrected chi connectivity index (χ4v) is 3.57. The molecule has 0 aromatic heterocycles. The lowest BCUT2D eigenvalue weighted by Crippen LogP contribution is -2.45. The van der Waals surface area contributed by atoms with Gasteiger partial charge in [-0.3, -0.25) is 4.79 Å². The summed E-state index contributed by atoms with van der Waals surface area (Å²) in [6.45, 7) is 4.31. The molecule has 1 aliphatic carbocycles. The van der Waals surface area contributed by atoms with Crippen molar-refractivity contribution < 1.29 is 4.79 Å². The number of hydrogen-bond donors (Lipinski definition) is 1. The van der Waals surface area contributed by atoms with Gasteiger partial charge >= 0.3 is 0 Å². The number of nitrogens with one attached hydrogen (secondary N) is 1. The van der Waals surface area contributed by atoms with Gasteiger partial charge in [0.15, 0.2) is 0 Å². The Morgan fingerprint density at radius 3 is 2.95 bits per heavy atom. The van der Waals surface area contributed by atoms with E-state index in [0.717, 1.165) is 22.2 Å². The van der Waals surface area contributed by atoms with Gasteiger partial charge in [0.2, 0.25) is 0 Å². The van der Waals surface area contributed by atoms with Crippen LogP contribution in [-0.2, 0) is 4.79 Å². The van der Waals surface area contributed by atoms with Crippen molar-refractivity contribution >= 4 is 27.4 Å². The number of nitrogens with zero attached hydrogens (tertiary/aromatic N) is 1. The molecule has 1 aliphatic heterocycles. The number of carbonyl (C=O) groups is 1. The molecule has 19 heavy (non-hydrogen) atoms. The summed E-state index contributed by atoms with van der Waals surface area (Å²) in [7, 11) is 0. The van der Waals surface area contributed by atoms with Crippen molar-refractivity contribution in [3.8, 4) is 0 Å². The van der Waals surface area contributed by atoms with Crippen LogP contribution >= 0.6 is 15.9 Å². The first-order chi connectivity index (χ1) is 8.96. The average molecular weight is 321 g/mol. The van der Waals surface area contributed by atoms with Crippen LogP contribution in [0.1, 0.15) is 32.3 Å². The lowest BCUT2D eigenvalue weighted by molar-refractivity contribution is -0.126. The van der Waals surface area contributed by atoms with Crippen molar-refractivity contribution in [2.75, 3.05) is 0 Å². The van der Waals surface area contributed by atoms with Crippen LogP contribution in [0.25, 0.3) is 0 Å². The summed E-state index contributed by atoms with van der Waals surface area (Å²) < 4.78 is 1.01. The van der Waals surface area contributed by atoms with Gasteiger partial charge in [-0.2, -0.15) is 5.10 Å². The Morgan fingerprint density at radius 1 is 1.42 bits per heavy atom. The molecule has 0 radical (unpaired) electrons. The summed E-state index contributed by atoms with van der Waals surface area (Å²) in [4.78, 5) is 12.4. The fourth-order valence-electron chi connectivity index (χ4n) is 3.17. The quantitative estimate of drug-likeness (QED) is 0.863. The molecule has 4 heteroatoms. The first-order valence-electron chi connectivity index (χ1n) is 6.58. The highest BCUT2D eigenvalue weighted by molar-refractivity contribution is 9.10. The SMILES string of the molecule is CC1(C)CC(=O)[C@H]2C(c3cccc(Br)c3)=NN[C@@H]2C1. The zero-order valence-corrected chi connectivity index (χ0v) is 12.7. The van der Waals surface area contributed by atoms with Gasteiger partial charge in [-0.05, 0) is 29.5 Å². The van der Waals surface area contributed by atoms with Crippen molar-refractivity contribution in [1.29, 1.82) is 0 Å². The average Bonchev–Trinajstić information content (AvgIpc) is 2.71. The van der Waals surface area contributed by atoms with E-state index in [2.05, 4.69) is 40.3 Å². The lowest BCUT2D eigenvalue weighted by Gasteiger charge is -2.36. The smallest absolute Gasteiger partial charge is 0.144 e. The van der Waals surface area contributed by atoms with Crippen molar-refractivity contribution in [3.63, 3.8) is 0 Å². The Hall–Kier alpha value is -1.16. The summed E-state index contributed by atoms with van der Waals surface area (Å²) in [5.74, 6) is 0.229. The number of fused-ring (bicyclic) bond motifs is 1. The van der Waals surface area contributed by atoms with Gasteiger partial charge in [0.1, 0.15) is 5.78 Å². The van der Waals surface area contributed by atoms with E-state index in [1.807, 2.05) is 24.3 Å². The third kappa shape index (κ3) is 2.34. The molecule has 3 rings (SSSR count). The number of rotatable bonds is 1. The molecular weight excluding hydrogens is 304 g/mol. The Balaban J connectivity index is 1.93. The van der Waals surface area contributed by atoms with Gasteiger partial charge < -0.3 is 5.43 Å². The van der Waals surface area contributed by atoms with Crippen LogP contribution in [-0.4, -0.2) is 17.5 Å². The highest BCUT2D eigenvalue weighted by Gasteiger charge is 2.46. The molecule has 3 nitrogen and oxygen atoms in total. The van der Waals surface area contributed by atoms with E-state index >= 15 is 0 Å². The molecule has 2 aliphatic rings. The molecule has 0 unspecified atom stereocenters. The molecular formula is C15H17BrN2O. The molecule has 0 amide bonds. The van der Waals surface area contributed by atoms with Gasteiger partial charge in [-0.15, -0.1) is 0 Å². The van der Waals surface area contributed by atoms with Crippen molar-refractivity contribution in [1.82, 2.24) is 5.43 Å². The van der Waals surface area contributed by atoms with Crippen LogP contribution in [0.2, 0.25) is 0 Å². The molecule has 1 saturated carbocycles. The van der Waals surface area contributed by atoms with Gasteiger partial charge in [0.25, 0.3) is 0 Å². The van der Waals surface area contributed by atoms with E-state index in [1.54, 1.807) is 0 Å². The molecule has 1 fully saturated rings. The molecule has 2 atom stereocenters. The van der Waals surface area contributed by atoms with Gasteiger partial charge in [-0.1, -0.05) is 41.9 Å². The summed E-state index contributed by atoms with van der Waals surface area (Å²) in [5.41, 5.74) is 5.17. The molecule has 0 spiro atoms. The normalized spacial score (nSPS) is 28.6. The first kappa shape index (κ1) is 12.9. The predicted octanol–water partition coefficient (Wildman–Crippen LogP) is 3.13. The molecule has 0 saturated heterocycles. The minimum atomic E-state index is -0.0812. The number of benzene rings is 1. The minimum absolute atomic E-state index is 0.0769. The molecule has 0 bridgehead atoms. The maximum absolute atomic E-state index is 12.4. The zero-order chi connectivity index (χ0) is 13.6. The van der Waals surface area contributed by atoms with Crippen LogP contribution in [0, 0.1) is 11.3 Å². The highest BCUT2D eigenvalue weighted by atomic mass is 79.9. The van der Waals surface area contributed by atoms with E-state index in [-0.39, 0.29) is 17.4 Å². The summed E-state index contributed by atoms with van der Waals surface area (Å²) in [5, 5.41) is 4.43. The number of Topliss-reactive ketones (excluding diaryl/α,β-unsaturated/α-hetero) is 1. The van der Waals surface area contributed by atoms with Crippen molar-refractivity contribution in [2.24, 2.45) is 16.4 Å². The summed E-state index contributed by atoms with van der Waals surface area (Å²) in [6, 6.07) is 8.16. The van der Waals surface area contributed by atoms with E-state index < -0.39 is 0 Å². The van der Waals surface area contributed by atoms with Crippen molar-refractivity contribution in [3.05, 3.63) is 34.3 Å². The Bertz CT molecular complexity index is 565. The second-order valence-corrected chi connectivity index (χ2v) is 7.15. The maximum Gasteiger partial charge on any atom is 0.144 e. The topological polar surface area (TPSA) is 41.5 Å². The van der Waals surface area contributed by atoms with Gasteiger partial charge in [-0.25, -0.2) is 0 Å². The standard InChI is InChI=1S/C15H17BrN2O/c1-15(2)7-11-13(12(19)8-15)14(18-17-11)9-4-3-5-10(16)6-9/h3-6,11,13,17H,7-8H2,1-2H3/t11-,13+/m1/s1. The van der Waals surface area contributed by atoms with E-state index in [4.69, 9.17) is 0 Å². The zero-order valence-electron chi connectivity index (χ0n) is 11.1. The van der Waals surface area contributed by atoms with Crippen LogP contribution in [0.3, 0.4) is 0 Å². The lowest BCUT2D eigenvalue weighted by atomic mass is 9.68. The minimum Gasteiger partial charge on any atom is -0.306 e. The highest BCUT2D eigenvalue weighted by Crippen LogP contribution is 2.39. The number of hydrogen-bond acceptors (Lipinski definition) is 3. The molecule has 100 valence electrons. The fraction of sp³-hybridized carbons (Fsp3) is 0.467. The predicted molar refractivity (Wildman–Crippen MR) is 79.1 cm³/mol. The summed E-state index contributed by atoms with van der Waals surface area (Å²) in [6.07, 6.45) is 1.63. The third-order valence-electron chi connectivity index (χ3n) is 3.94. The number of carbonyl (C=O) groups excluding carboxylic acids is 1. The second-order valence-electron chi connectivity index (χ2n) is 6.23. The Morgan fingerprint density at radius 2 is 2.21 bits per heavy atom. The van der Waals surface area contributed by atoms with Crippen LogP contribution < -0.4 is 5.43 Å². The number of halogens is 1. The molecule has 1 aromatic rings. The van der Waals surface area contributed by atoms with Gasteiger partial charge in [0, 0.05) is 10.9 Å². The molecule has 1 aromatic carbocycles. The second kappa shape index (κ2) is 4.44. The van der Waals surface area contributed by atoms with Gasteiger partial charge in [0.05, 0.1) is 17.7 Å². The third-order valence-corrected chi connectivity index (χ3v) is 4.43.